The summed E-state index contributed by atoms with van der Waals surface area (Å²) in [6.45, 7) is 7.72. The quantitative estimate of drug-likeness (QED) is 0.785. The summed E-state index contributed by atoms with van der Waals surface area (Å²) in [5, 5.41) is 12.5. The molecule has 4 rings (SSSR count). The maximum absolute atomic E-state index is 10.1. The normalized spacial score (nSPS) is 17.4. The van der Waals surface area contributed by atoms with E-state index in [0.29, 0.717) is 5.75 Å². The van der Waals surface area contributed by atoms with Gasteiger partial charge >= 0.3 is 0 Å². The highest BCUT2D eigenvalue weighted by molar-refractivity contribution is 6.09. The Hall–Kier alpha value is -2.11. The van der Waals surface area contributed by atoms with Crippen LogP contribution < -0.4 is 0 Å². The fraction of sp³-hybridized carbons (Fsp3) is 0.450. The zero-order valence-corrected chi connectivity index (χ0v) is 14.9. The van der Waals surface area contributed by atoms with Crippen LogP contribution in [0.25, 0.3) is 21.8 Å². The Morgan fingerprint density at radius 2 is 2.00 bits per heavy atom. The van der Waals surface area contributed by atoms with Crippen molar-refractivity contribution in [2.24, 2.45) is 0 Å². The van der Waals surface area contributed by atoms with Gasteiger partial charge in [-0.25, -0.2) is 0 Å². The van der Waals surface area contributed by atoms with Crippen LogP contribution >= 0.6 is 0 Å². The van der Waals surface area contributed by atoms with E-state index in [1.54, 1.807) is 6.07 Å². The third-order valence-corrected chi connectivity index (χ3v) is 5.19. The Bertz CT molecular complexity index is 897. The maximum atomic E-state index is 10.1. The maximum Gasteiger partial charge on any atom is 0.117 e. The molecule has 0 bridgehead atoms. The molecular weight excluding hydrogens is 314 g/mol. The highest BCUT2D eigenvalue weighted by atomic mass is 16.5. The van der Waals surface area contributed by atoms with Crippen LogP contribution in [0.3, 0.4) is 0 Å². The first-order valence-corrected chi connectivity index (χ1v) is 9.10. The number of fused-ring (bicyclic) bond motifs is 3. The van der Waals surface area contributed by atoms with E-state index >= 15 is 0 Å². The summed E-state index contributed by atoms with van der Waals surface area (Å²) >= 11 is 0. The molecular formula is C20H25N3O2. The molecule has 5 nitrogen and oxygen atoms in total. The molecule has 1 aliphatic heterocycles. The van der Waals surface area contributed by atoms with Gasteiger partial charge in [0.05, 0.1) is 36.1 Å². The van der Waals surface area contributed by atoms with Gasteiger partial charge in [0.15, 0.2) is 0 Å². The third-order valence-electron chi connectivity index (χ3n) is 5.19. The van der Waals surface area contributed by atoms with Gasteiger partial charge in [0, 0.05) is 36.1 Å². The lowest BCUT2D eigenvalue weighted by Crippen LogP contribution is -2.41. The Labute approximate surface area is 147 Å². The van der Waals surface area contributed by atoms with Crippen molar-refractivity contribution >= 4 is 21.8 Å². The number of nitrogens with zero attached hydrogens (tertiary/aromatic N) is 3. The summed E-state index contributed by atoms with van der Waals surface area (Å²) in [7, 11) is 0. The minimum Gasteiger partial charge on any atom is -0.508 e. The lowest BCUT2D eigenvalue weighted by atomic mass is 10.1. The number of aromatic nitrogens is 2. The number of aryl methyl sites for hydroxylation is 1. The van der Waals surface area contributed by atoms with E-state index in [-0.39, 0.29) is 6.17 Å². The van der Waals surface area contributed by atoms with Crippen LogP contribution in [0, 0.1) is 6.92 Å². The molecule has 1 N–H and O–H groups in total. The van der Waals surface area contributed by atoms with Crippen molar-refractivity contribution in [3.63, 3.8) is 0 Å². The van der Waals surface area contributed by atoms with Gasteiger partial charge in [-0.1, -0.05) is 13.3 Å². The predicted octanol–water partition coefficient (Wildman–Crippen LogP) is 3.83. The van der Waals surface area contributed by atoms with Gasteiger partial charge in [0.25, 0.3) is 0 Å². The largest absolute Gasteiger partial charge is 0.508 e. The molecule has 3 heterocycles. The molecule has 3 aromatic rings. The molecule has 1 fully saturated rings. The summed E-state index contributed by atoms with van der Waals surface area (Å²) in [5.41, 5.74) is 3.28. The minimum absolute atomic E-state index is 0.249. The lowest BCUT2D eigenvalue weighted by Gasteiger charge is -2.36. The smallest absolute Gasteiger partial charge is 0.117 e. The summed E-state index contributed by atoms with van der Waals surface area (Å²) < 4.78 is 7.95. The Kier molecular flexibility index (Phi) is 4.36. The SMILES string of the molecule is CCCC(N1CCOCC1)n1c2cc(O)ccc2c2ccnc(C)c21. The van der Waals surface area contributed by atoms with Crippen molar-refractivity contribution in [1.82, 2.24) is 14.5 Å². The van der Waals surface area contributed by atoms with Gasteiger partial charge in [-0.2, -0.15) is 0 Å². The highest BCUT2D eigenvalue weighted by Crippen LogP contribution is 2.37. The number of hydrogen-bond acceptors (Lipinski definition) is 4. The molecule has 2 aromatic heterocycles. The third kappa shape index (κ3) is 2.77. The standard InChI is InChI=1S/C20H25N3O2/c1-3-4-19(22-9-11-25-12-10-22)23-18-13-15(24)5-6-16(18)17-7-8-21-14(2)20(17)23/h5-8,13,19,24H,3-4,9-12H2,1-2H3. The van der Waals surface area contributed by atoms with Crippen molar-refractivity contribution in [2.45, 2.75) is 32.9 Å². The Morgan fingerprint density at radius 3 is 2.76 bits per heavy atom. The van der Waals surface area contributed by atoms with Crippen LogP contribution in [-0.2, 0) is 4.74 Å². The second-order valence-corrected chi connectivity index (χ2v) is 6.78. The molecule has 0 amide bonds. The first-order chi connectivity index (χ1) is 12.2. The molecule has 0 radical (unpaired) electrons. The second kappa shape index (κ2) is 6.65. The van der Waals surface area contributed by atoms with Crippen molar-refractivity contribution in [3.8, 4) is 5.75 Å². The molecule has 1 saturated heterocycles. The number of morpholine rings is 1. The molecule has 5 heteroatoms. The van der Waals surface area contributed by atoms with Gasteiger partial charge in [-0.3, -0.25) is 9.88 Å². The number of ether oxygens (including phenoxy) is 1. The lowest BCUT2D eigenvalue weighted by molar-refractivity contribution is -0.00197. The first-order valence-electron chi connectivity index (χ1n) is 9.10. The van der Waals surface area contributed by atoms with E-state index in [1.165, 1.54) is 16.3 Å². The number of aromatic hydroxyl groups is 1. The van der Waals surface area contributed by atoms with Crippen molar-refractivity contribution < 1.29 is 9.84 Å². The van der Waals surface area contributed by atoms with E-state index in [2.05, 4.69) is 34.4 Å². The fourth-order valence-electron chi connectivity index (χ4n) is 4.07. The zero-order chi connectivity index (χ0) is 17.4. The number of pyridine rings is 1. The van der Waals surface area contributed by atoms with Crippen LogP contribution in [0.15, 0.2) is 30.5 Å². The molecule has 0 spiro atoms. The molecule has 0 saturated carbocycles. The molecule has 1 aliphatic rings. The van der Waals surface area contributed by atoms with Crippen molar-refractivity contribution in [1.29, 1.82) is 0 Å². The van der Waals surface area contributed by atoms with Gasteiger partial charge in [0.1, 0.15) is 5.75 Å². The van der Waals surface area contributed by atoms with Gasteiger partial charge in [0.2, 0.25) is 0 Å². The number of hydrogen-bond donors (Lipinski definition) is 1. The minimum atomic E-state index is 0.249. The Balaban J connectivity index is 2.00. The van der Waals surface area contributed by atoms with Crippen LogP contribution in [0.5, 0.6) is 5.75 Å². The number of benzene rings is 1. The summed E-state index contributed by atoms with van der Waals surface area (Å²) in [6.07, 6.45) is 4.28. The fourth-order valence-corrected chi connectivity index (χ4v) is 4.07. The van der Waals surface area contributed by atoms with E-state index < -0.39 is 0 Å². The molecule has 0 aliphatic carbocycles. The van der Waals surface area contributed by atoms with Crippen LogP contribution in [0.2, 0.25) is 0 Å². The molecule has 1 unspecified atom stereocenters. The van der Waals surface area contributed by atoms with E-state index in [0.717, 1.165) is 50.4 Å². The number of rotatable bonds is 4. The summed E-state index contributed by atoms with van der Waals surface area (Å²) in [6, 6.07) is 7.76. The van der Waals surface area contributed by atoms with Crippen LogP contribution in [0.1, 0.15) is 31.6 Å². The van der Waals surface area contributed by atoms with Gasteiger partial charge in [-0.15, -0.1) is 0 Å². The molecule has 1 aromatic carbocycles. The second-order valence-electron chi connectivity index (χ2n) is 6.78. The average molecular weight is 339 g/mol. The number of phenols is 1. The van der Waals surface area contributed by atoms with Crippen molar-refractivity contribution in [2.75, 3.05) is 26.3 Å². The molecule has 132 valence electrons. The van der Waals surface area contributed by atoms with Crippen LogP contribution in [-0.4, -0.2) is 45.9 Å². The zero-order valence-electron chi connectivity index (χ0n) is 14.9. The average Bonchev–Trinajstić information content (AvgIpc) is 2.95. The molecule has 1 atom stereocenters. The topological polar surface area (TPSA) is 50.5 Å². The van der Waals surface area contributed by atoms with E-state index in [1.807, 2.05) is 18.3 Å². The first kappa shape index (κ1) is 16.4. The van der Waals surface area contributed by atoms with Gasteiger partial charge in [-0.05, 0) is 31.5 Å². The molecule has 25 heavy (non-hydrogen) atoms. The highest BCUT2D eigenvalue weighted by Gasteiger charge is 2.26. The van der Waals surface area contributed by atoms with Gasteiger partial charge < -0.3 is 14.4 Å². The van der Waals surface area contributed by atoms with Crippen LogP contribution in [0.4, 0.5) is 0 Å². The Morgan fingerprint density at radius 1 is 1.20 bits per heavy atom. The predicted molar refractivity (Wildman–Crippen MR) is 100.0 cm³/mol. The monoisotopic (exact) mass is 339 g/mol. The number of phenolic OH excluding ortho intramolecular Hbond substituents is 1. The van der Waals surface area contributed by atoms with E-state index in [4.69, 9.17) is 4.74 Å². The summed E-state index contributed by atoms with van der Waals surface area (Å²) in [4.78, 5) is 7.05. The van der Waals surface area contributed by atoms with Crippen molar-refractivity contribution in [3.05, 3.63) is 36.2 Å². The summed E-state index contributed by atoms with van der Waals surface area (Å²) in [5.74, 6) is 0.305. The van der Waals surface area contributed by atoms with E-state index in [9.17, 15) is 5.11 Å².